The largest absolute Gasteiger partial charge is 0.465 e. The highest BCUT2D eigenvalue weighted by atomic mass is 16.5. The van der Waals surface area contributed by atoms with Gasteiger partial charge in [0.15, 0.2) is 5.82 Å². The van der Waals surface area contributed by atoms with E-state index >= 15 is 0 Å². The summed E-state index contributed by atoms with van der Waals surface area (Å²) >= 11 is 0. The molecule has 2 N–H and O–H groups in total. The maximum absolute atomic E-state index is 11.9. The monoisotopic (exact) mass is 266 g/mol. The summed E-state index contributed by atoms with van der Waals surface area (Å²) in [4.78, 5) is 14.1. The van der Waals surface area contributed by atoms with Crippen LogP contribution in [0.3, 0.4) is 0 Å². The van der Waals surface area contributed by atoms with Gasteiger partial charge in [0.05, 0.1) is 7.11 Å². The Morgan fingerprint density at radius 2 is 2.05 bits per heavy atom. The van der Waals surface area contributed by atoms with Gasteiger partial charge in [0.25, 0.3) is 0 Å². The lowest BCUT2D eigenvalue weighted by molar-refractivity contribution is 0.0602. The molecule has 0 aliphatic carbocycles. The number of carbonyl (C=O) groups is 1. The van der Waals surface area contributed by atoms with E-state index in [1.165, 1.54) is 13.5 Å². The Hall–Kier alpha value is -1.72. The summed E-state index contributed by atoms with van der Waals surface area (Å²) in [5, 5.41) is 4.51. The first-order valence-electron chi connectivity index (χ1n) is 6.88. The van der Waals surface area contributed by atoms with Crippen molar-refractivity contribution in [2.24, 2.45) is 0 Å². The van der Waals surface area contributed by atoms with Crippen LogP contribution in [0.2, 0.25) is 0 Å². The van der Waals surface area contributed by atoms with Crippen molar-refractivity contribution >= 4 is 17.6 Å². The fourth-order valence-corrected chi connectivity index (χ4v) is 2.47. The van der Waals surface area contributed by atoms with Crippen LogP contribution >= 0.6 is 0 Å². The van der Waals surface area contributed by atoms with E-state index < -0.39 is 5.97 Å². The van der Waals surface area contributed by atoms with Gasteiger partial charge in [0.2, 0.25) is 0 Å². The number of methoxy groups -OCH3 is 1. The average Bonchev–Trinajstić information content (AvgIpc) is 2.77. The van der Waals surface area contributed by atoms with Gasteiger partial charge in [-0.2, -0.15) is 5.10 Å². The number of rotatable bonds is 4. The van der Waals surface area contributed by atoms with Crippen LogP contribution in [0.5, 0.6) is 0 Å². The van der Waals surface area contributed by atoms with E-state index in [0.29, 0.717) is 23.7 Å². The van der Waals surface area contributed by atoms with Gasteiger partial charge in [-0.15, -0.1) is 0 Å². The van der Waals surface area contributed by atoms with Gasteiger partial charge in [0.1, 0.15) is 11.4 Å². The second-order valence-electron chi connectivity index (χ2n) is 4.85. The molecule has 0 bridgehead atoms. The molecular formula is C13H22N4O2. The molecule has 0 aromatic carbocycles. The molecule has 106 valence electrons. The molecule has 6 heteroatoms. The van der Waals surface area contributed by atoms with E-state index in [1.807, 2.05) is 0 Å². The van der Waals surface area contributed by atoms with E-state index in [2.05, 4.69) is 16.9 Å². The number of hydrogen-bond donors (Lipinski definition) is 1. The zero-order chi connectivity index (χ0) is 13.8. The van der Waals surface area contributed by atoms with Crippen LogP contribution in [0, 0.1) is 0 Å². The summed E-state index contributed by atoms with van der Waals surface area (Å²) < 4.78 is 6.55. The molecule has 2 rings (SSSR count). The number of aromatic nitrogens is 2. The number of ether oxygens (including phenoxy) is 1. The van der Waals surface area contributed by atoms with E-state index in [1.54, 1.807) is 4.68 Å². The second kappa shape index (κ2) is 5.95. The summed E-state index contributed by atoms with van der Waals surface area (Å²) in [6.07, 6.45) is 4.41. The summed E-state index contributed by atoms with van der Waals surface area (Å²) in [7, 11) is 1.37. The predicted molar refractivity (Wildman–Crippen MR) is 74.3 cm³/mol. The lowest BCUT2D eigenvalue weighted by Crippen LogP contribution is -2.31. The van der Waals surface area contributed by atoms with Crippen molar-refractivity contribution in [2.75, 3.05) is 30.8 Å². The first-order valence-corrected chi connectivity index (χ1v) is 6.88. The summed E-state index contributed by atoms with van der Waals surface area (Å²) in [5.41, 5.74) is 6.46. The van der Waals surface area contributed by atoms with Crippen LogP contribution in [-0.2, 0) is 11.3 Å². The number of piperidine rings is 1. The van der Waals surface area contributed by atoms with Crippen molar-refractivity contribution in [1.82, 2.24) is 9.78 Å². The van der Waals surface area contributed by atoms with Gasteiger partial charge in [-0.1, -0.05) is 6.92 Å². The topological polar surface area (TPSA) is 73.4 Å². The zero-order valence-electron chi connectivity index (χ0n) is 11.7. The first-order chi connectivity index (χ1) is 9.19. The molecule has 0 radical (unpaired) electrons. The Kier molecular flexibility index (Phi) is 4.29. The van der Waals surface area contributed by atoms with Crippen molar-refractivity contribution in [3.63, 3.8) is 0 Å². The molecule has 0 spiro atoms. The maximum Gasteiger partial charge on any atom is 0.345 e. The number of esters is 1. The van der Waals surface area contributed by atoms with Gasteiger partial charge >= 0.3 is 5.97 Å². The number of aryl methyl sites for hydroxylation is 1. The number of nitrogens with zero attached hydrogens (tertiary/aromatic N) is 3. The molecule has 0 unspecified atom stereocenters. The zero-order valence-corrected chi connectivity index (χ0v) is 11.7. The summed E-state index contributed by atoms with van der Waals surface area (Å²) in [6.45, 7) is 4.61. The van der Waals surface area contributed by atoms with Gasteiger partial charge in [-0.25, -0.2) is 9.48 Å². The van der Waals surface area contributed by atoms with Crippen molar-refractivity contribution in [2.45, 2.75) is 39.2 Å². The SMILES string of the molecule is CCCn1nc(N2CCCCC2)c(C(=O)OC)c1N. The third-order valence-corrected chi connectivity index (χ3v) is 3.45. The molecule has 1 aliphatic heterocycles. The Morgan fingerprint density at radius 1 is 1.37 bits per heavy atom. The van der Waals surface area contributed by atoms with Crippen molar-refractivity contribution < 1.29 is 9.53 Å². The Labute approximate surface area is 113 Å². The van der Waals surface area contributed by atoms with Crippen molar-refractivity contribution in [3.05, 3.63) is 5.56 Å². The Bertz CT molecular complexity index is 450. The fourth-order valence-electron chi connectivity index (χ4n) is 2.47. The fraction of sp³-hybridized carbons (Fsp3) is 0.692. The molecule has 6 nitrogen and oxygen atoms in total. The highest BCUT2D eigenvalue weighted by Crippen LogP contribution is 2.28. The van der Waals surface area contributed by atoms with Gasteiger partial charge in [-0.05, 0) is 25.7 Å². The average molecular weight is 266 g/mol. The number of anilines is 2. The van der Waals surface area contributed by atoms with E-state index in [4.69, 9.17) is 10.5 Å². The van der Waals surface area contributed by atoms with Crippen LogP contribution < -0.4 is 10.6 Å². The molecule has 1 aromatic rings. The van der Waals surface area contributed by atoms with Crippen molar-refractivity contribution in [3.8, 4) is 0 Å². The van der Waals surface area contributed by atoms with Crippen LogP contribution in [0.25, 0.3) is 0 Å². The van der Waals surface area contributed by atoms with E-state index in [0.717, 1.165) is 32.4 Å². The van der Waals surface area contributed by atoms with Crippen LogP contribution in [0.4, 0.5) is 11.6 Å². The van der Waals surface area contributed by atoms with E-state index in [9.17, 15) is 4.79 Å². The first kappa shape index (κ1) is 13.7. The normalized spacial score (nSPS) is 15.6. The number of carbonyl (C=O) groups excluding carboxylic acids is 1. The smallest absolute Gasteiger partial charge is 0.345 e. The second-order valence-corrected chi connectivity index (χ2v) is 4.85. The molecule has 0 atom stereocenters. The highest BCUT2D eigenvalue weighted by molar-refractivity contribution is 5.99. The van der Waals surface area contributed by atoms with Crippen LogP contribution in [0.15, 0.2) is 0 Å². The minimum Gasteiger partial charge on any atom is -0.465 e. The molecule has 1 saturated heterocycles. The Morgan fingerprint density at radius 3 is 2.63 bits per heavy atom. The maximum atomic E-state index is 11.9. The summed E-state index contributed by atoms with van der Waals surface area (Å²) in [6, 6.07) is 0. The highest BCUT2D eigenvalue weighted by Gasteiger charge is 2.27. The van der Waals surface area contributed by atoms with Crippen molar-refractivity contribution in [1.29, 1.82) is 0 Å². The predicted octanol–water partition coefficient (Wildman–Crippen LogP) is 1.65. The minimum absolute atomic E-state index is 0.402. The standard InChI is InChI=1S/C13H22N4O2/c1-3-7-17-11(14)10(13(18)19-2)12(15-17)16-8-5-4-6-9-16/h3-9,14H2,1-2H3. The quantitative estimate of drug-likeness (QED) is 0.839. The Balaban J connectivity index is 2.38. The molecule has 0 saturated carbocycles. The third kappa shape index (κ3) is 2.67. The third-order valence-electron chi connectivity index (χ3n) is 3.45. The minimum atomic E-state index is -0.402. The molecular weight excluding hydrogens is 244 g/mol. The molecule has 0 amide bonds. The number of nitrogens with two attached hydrogens (primary N) is 1. The summed E-state index contributed by atoms with van der Waals surface area (Å²) in [5.74, 6) is 0.687. The molecule has 1 fully saturated rings. The lowest BCUT2D eigenvalue weighted by Gasteiger charge is -2.27. The lowest BCUT2D eigenvalue weighted by atomic mass is 10.1. The van der Waals surface area contributed by atoms with Crippen LogP contribution in [0.1, 0.15) is 43.0 Å². The number of nitrogen functional groups attached to an aromatic ring is 1. The van der Waals surface area contributed by atoms with Gasteiger partial charge in [0, 0.05) is 19.6 Å². The number of hydrogen-bond acceptors (Lipinski definition) is 5. The van der Waals surface area contributed by atoms with E-state index in [-0.39, 0.29) is 0 Å². The van der Waals surface area contributed by atoms with Crippen LogP contribution in [-0.4, -0.2) is 35.9 Å². The van der Waals surface area contributed by atoms with Gasteiger partial charge in [-0.3, -0.25) is 0 Å². The molecule has 1 aromatic heterocycles. The molecule has 1 aliphatic rings. The molecule has 2 heterocycles. The molecule has 19 heavy (non-hydrogen) atoms. The van der Waals surface area contributed by atoms with Gasteiger partial charge < -0.3 is 15.4 Å².